The quantitative estimate of drug-likeness (QED) is 0.707. The van der Waals surface area contributed by atoms with Gasteiger partial charge in [0.25, 0.3) is 0 Å². The summed E-state index contributed by atoms with van der Waals surface area (Å²) >= 11 is 0. The number of carbonyl (C=O) groups excluding carboxylic acids is 1. The normalized spacial score (nSPS) is 8.54. The van der Waals surface area contributed by atoms with Crippen LogP contribution in [0.3, 0.4) is 0 Å². The molecule has 0 spiro atoms. The summed E-state index contributed by atoms with van der Waals surface area (Å²) in [5.41, 5.74) is 5.20. The topological polar surface area (TPSA) is 78.4 Å². The van der Waals surface area contributed by atoms with Crippen LogP contribution < -0.4 is 5.73 Å². The van der Waals surface area contributed by atoms with E-state index in [0.29, 0.717) is 6.61 Å². The van der Waals surface area contributed by atoms with Gasteiger partial charge in [0.2, 0.25) is 5.76 Å². The second kappa shape index (κ2) is 6.05. The second-order valence-corrected chi connectivity index (χ2v) is 1.84. The Labute approximate surface area is 76.8 Å². The van der Waals surface area contributed by atoms with Crippen LogP contribution in [0, 0.1) is 0 Å². The Bertz CT molecular complexity index is 258. The first-order chi connectivity index (χ1) is 6.24. The van der Waals surface area contributed by atoms with Crippen LogP contribution >= 0.6 is 0 Å². The summed E-state index contributed by atoms with van der Waals surface area (Å²) in [5, 5.41) is 3.32. The molecule has 2 N–H and O–H groups in total. The second-order valence-electron chi connectivity index (χ2n) is 1.84. The minimum Gasteiger partial charge on any atom is -0.460 e. The molecule has 74 valence electrons. The molecule has 0 aliphatic rings. The van der Waals surface area contributed by atoms with Gasteiger partial charge in [-0.2, -0.15) is 0 Å². The van der Waals surface area contributed by atoms with Crippen LogP contribution in [0.5, 0.6) is 0 Å². The third-order valence-corrected chi connectivity index (χ3v) is 1.00. The number of rotatable bonds is 2. The Morgan fingerprint density at radius 1 is 1.69 bits per heavy atom. The molecule has 0 aliphatic carbocycles. The van der Waals surface area contributed by atoms with E-state index in [1.807, 2.05) is 13.8 Å². The zero-order valence-electron chi connectivity index (χ0n) is 8.03. The first-order valence-electron chi connectivity index (χ1n) is 4.13. The van der Waals surface area contributed by atoms with E-state index in [1.54, 1.807) is 6.92 Å². The minimum absolute atomic E-state index is 0.0318. The lowest BCUT2D eigenvalue weighted by Gasteiger charge is -1.93. The van der Waals surface area contributed by atoms with Gasteiger partial charge in [-0.15, -0.1) is 0 Å². The molecule has 0 bridgehead atoms. The maximum absolute atomic E-state index is 10.8. The molecular formula is C8H14N2O3. The van der Waals surface area contributed by atoms with Crippen LogP contribution in [0.1, 0.15) is 31.3 Å². The Hall–Kier alpha value is -1.52. The third kappa shape index (κ3) is 3.59. The number of carbonyl (C=O) groups is 1. The van der Waals surface area contributed by atoms with E-state index >= 15 is 0 Å². The van der Waals surface area contributed by atoms with Crippen LogP contribution in [0.15, 0.2) is 10.6 Å². The Morgan fingerprint density at radius 2 is 2.31 bits per heavy atom. The van der Waals surface area contributed by atoms with Crippen molar-refractivity contribution in [1.29, 1.82) is 0 Å². The number of hydrogen-bond donors (Lipinski definition) is 1. The maximum Gasteiger partial charge on any atom is 0.377 e. The van der Waals surface area contributed by atoms with Gasteiger partial charge in [0.15, 0.2) is 5.82 Å². The average molecular weight is 186 g/mol. The highest BCUT2D eigenvalue weighted by Gasteiger charge is 2.11. The fraction of sp³-hybridized carbons (Fsp3) is 0.500. The van der Waals surface area contributed by atoms with Crippen molar-refractivity contribution in [2.24, 2.45) is 0 Å². The van der Waals surface area contributed by atoms with E-state index in [-0.39, 0.29) is 11.6 Å². The average Bonchev–Trinajstić information content (AvgIpc) is 2.56. The molecule has 0 amide bonds. The fourth-order valence-corrected chi connectivity index (χ4v) is 0.587. The van der Waals surface area contributed by atoms with Crippen molar-refractivity contribution in [3.05, 3.63) is 11.8 Å². The summed E-state index contributed by atoms with van der Waals surface area (Å²) in [4.78, 5) is 10.8. The zero-order chi connectivity index (χ0) is 10.3. The number of anilines is 1. The highest BCUT2D eigenvalue weighted by Crippen LogP contribution is 2.05. The van der Waals surface area contributed by atoms with E-state index < -0.39 is 5.97 Å². The first kappa shape index (κ1) is 11.5. The van der Waals surface area contributed by atoms with E-state index in [1.165, 1.54) is 6.07 Å². The van der Waals surface area contributed by atoms with Crippen molar-refractivity contribution < 1.29 is 14.1 Å². The Morgan fingerprint density at radius 3 is 2.69 bits per heavy atom. The molecule has 1 aromatic rings. The summed E-state index contributed by atoms with van der Waals surface area (Å²) in [5.74, 6) is -0.339. The molecule has 0 atom stereocenters. The molecule has 5 heteroatoms. The first-order valence-corrected chi connectivity index (χ1v) is 4.13. The highest BCUT2D eigenvalue weighted by molar-refractivity contribution is 5.86. The highest BCUT2D eigenvalue weighted by atomic mass is 16.6. The van der Waals surface area contributed by atoms with Crippen LogP contribution in [-0.2, 0) is 4.74 Å². The SMILES string of the molecule is CC.CCOC(=O)c1cc(N)no1. The van der Waals surface area contributed by atoms with Gasteiger partial charge in [-0.25, -0.2) is 4.79 Å². The van der Waals surface area contributed by atoms with Gasteiger partial charge in [0.05, 0.1) is 6.61 Å². The smallest absolute Gasteiger partial charge is 0.377 e. The Kier molecular flexibility index (Phi) is 5.34. The van der Waals surface area contributed by atoms with Crippen molar-refractivity contribution in [3.8, 4) is 0 Å². The largest absolute Gasteiger partial charge is 0.460 e. The lowest BCUT2D eigenvalue weighted by molar-refractivity contribution is 0.0480. The van der Waals surface area contributed by atoms with Gasteiger partial charge >= 0.3 is 5.97 Å². The molecule has 13 heavy (non-hydrogen) atoms. The van der Waals surface area contributed by atoms with E-state index in [9.17, 15) is 4.79 Å². The predicted molar refractivity (Wildman–Crippen MR) is 48.2 cm³/mol. The molecule has 0 aliphatic heterocycles. The van der Waals surface area contributed by atoms with Crippen molar-refractivity contribution in [2.75, 3.05) is 12.3 Å². The number of nitrogen functional groups attached to an aromatic ring is 1. The molecule has 0 unspecified atom stereocenters. The molecule has 1 heterocycles. The van der Waals surface area contributed by atoms with Crippen molar-refractivity contribution in [3.63, 3.8) is 0 Å². The lowest BCUT2D eigenvalue weighted by atomic mass is 10.4. The third-order valence-electron chi connectivity index (χ3n) is 1.00. The number of aromatic nitrogens is 1. The van der Waals surface area contributed by atoms with Crippen LogP contribution in [0.25, 0.3) is 0 Å². The number of hydrogen-bond acceptors (Lipinski definition) is 5. The maximum atomic E-state index is 10.8. The van der Waals surface area contributed by atoms with Crippen LogP contribution in [0.4, 0.5) is 5.82 Å². The monoisotopic (exact) mass is 186 g/mol. The van der Waals surface area contributed by atoms with Gasteiger partial charge < -0.3 is 15.0 Å². The number of ether oxygens (including phenoxy) is 1. The summed E-state index contributed by atoms with van der Waals surface area (Å²) in [6.07, 6.45) is 0. The van der Waals surface area contributed by atoms with Crippen LogP contribution in [0.2, 0.25) is 0 Å². The number of esters is 1. The Balaban J connectivity index is 0.000000671. The summed E-state index contributed by atoms with van der Waals surface area (Å²) in [6, 6.07) is 1.32. The number of nitrogens with zero attached hydrogens (tertiary/aromatic N) is 1. The molecule has 0 aromatic carbocycles. The van der Waals surface area contributed by atoms with E-state index in [2.05, 4.69) is 14.4 Å². The fourth-order valence-electron chi connectivity index (χ4n) is 0.587. The van der Waals surface area contributed by atoms with Gasteiger partial charge in [-0.3, -0.25) is 0 Å². The molecule has 0 fully saturated rings. The predicted octanol–water partition coefficient (Wildman–Crippen LogP) is 1.46. The summed E-state index contributed by atoms with van der Waals surface area (Å²) in [7, 11) is 0. The molecule has 1 rings (SSSR count). The van der Waals surface area contributed by atoms with Gasteiger partial charge in [-0.1, -0.05) is 19.0 Å². The van der Waals surface area contributed by atoms with Gasteiger partial charge in [0, 0.05) is 6.07 Å². The molecule has 1 aromatic heterocycles. The minimum atomic E-state index is -0.545. The molecular weight excluding hydrogens is 172 g/mol. The zero-order valence-corrected chi connectivity index (χ0v) is 8.03. The molecule has 5 nitrogen and oxygen atoms in total. The van der Waals surface area contributed by atoms with Crippen LogP contribution in [-0.4, -0.2) is 17.7 Å². The summed E-state index contributed by atoms with van der Waals surface area (Å²) < 4.78 is 9.14. The molecule has 0 radical (unpaired) electrons. The van der Waals surface area contributed by atoms with Crippen molar-refractivity contribution in [2.45, 2.75) is 20.8 Å². The molecule has 0 saturated heterocycles. The lowest BCUT2D eigenvalue weighted by Crippen LogP contribution is -2.02. The van der Waals surface area contributed by atoms with E-state index in [0.717, 1.165) is 0 Å². The van der Waals surface area contributed by atoms with Crippen molar-refractivity contribution in [1.82, 2.24) is 5.16 Å². The van der Waals surface area contributed by atoms with Gasteiger partial charge in [0.1, 0.15) is 0 Å². The number of nitrogens with two attached hydrogens (primary N) is 1. The molecule has 0 saturated carbocycles. The van der Waals surface area contributed by atoms with Gasteiger partial charge in [-0.05, 0) is 6.92 Å². The standard InChI is InChI=1S/C6H8N2O3.C2H6/c1-2-10-6(9)4-3-5(7)8-11-4;1-2/h3H,2H2,1H3,(H2,7,8);1-2H3. The summed E-state index contributed by atoms with van der Waals surface area (Å²) in [6.45, 7) is 6.01. The van der Waals surface area contributed by atoms with E-state index in [4.69, 9.17) is 5.73 Å². The van der Waals surface area contributed by atoms with Crippen molar-refractivity contribution >= 4 is 11.8 Å².